The summed E-state index contributed by atoms with van der Waals surface area (Å²) in [6.07, 6.45) is 0. The number of hydrogen-bond donors (Lipinski definition) is 0. The topological polar surface area (TPSA) is 39.4 Å². The molecule has 0 spiro atoms. The molecular weight excluding hydrogens is 1310 g/mol. The smallest absolute Gasteiger partial charge is 0.143 e. The number of furan rings is 3. The van der Waals surface area contributed by atoms with Crippen LogP contribution in [-0.2, 0) is 0 Å². The van der Waals surface area contributed by atoms with E-state index in [1.807, 2.05) is 194 Å². The van der Waals surface area contributed by atoms with Gasteiger partial charge in [0.25, 0.3) is 0 Å². The van der Waals surface area contributed by atoms with E-state index in [4.69, 9.17) is 66.7 Å². The summed E-state index contributed by atoms with van der Waals surface area (Å²) in [6, 6.07) is 64.9. The zero-order valence-electron chi connectivity index (χ0n) is 98.2. The molecule has 0 saturated carbocycles. The Morgan fingerprint density at radius 3 is 0.954 bits per heavy atom. The van der Waals surface area contributed by atoms with E-state index in [9.17, 15) is 2.74 Å². The lowest BCUT2D eigenvalue weighted by Crippen LogP contribution is -1.90. The molecule has 0 aliphatic carbocycles. The lowest BCUT2D eigenvalue weighted by molar-refractivity contribution is 0.668. The van der Waals surface area contributed by atoms with E-state index in [-0.39, 0.29) is 157 Å². The Morgan fingerprint density at radius 2 is 0.519 bits per heavy atom. The van der Waals surface area contributed by atoms with E-state index in [2.05, 4.69) is 0 Å². The molecule has 0 aliphatic heterocycles. The van der Waals surface area contributed by atoms with Crippen LogP contribution in [0.15, 0.2) is 401 Å². The molecule has 22 aromatic rings. The minimum atomic E-state index is -0.537. The predicted octanol–water partition coefficient (Wildman–Crippen LogP) is 32.7. The molecule has 0 amide bonds. The normalized spacial score (nSPS) is 15.2. The van der Waals surface area contributed by atoms with Crippen molar-refractivity contribution in [3.8, 4) is 77.9 Å². The second kappa shape index (κ2) is 28.3. The maximum Gasteiger partial charge on any atom is 0.143 e. The van der Waals surface area contributed by atoms with E-state index in [0.29, 0.717) is 110 Å². The largest absolute Gasteiger partial charge is 0.456 e. The van der Waals surface area contributed by atoms with Gasteiger partial charge in [-0.25, -0.2) is 0 Å². The summed E-state index contributed by atoms with van der Waals surface area (Å²) < 4.78 is 315. The molecule has 108 heavy (non-hydrogen) atoms. The van der Waals surface area contributed by atoms with Gasteiger partial charge in [-0.2, -0.15) is 0 Å². The highest BCUT2D eigenvalue weighted by atomic mass is 16.3. The van der Waals surface area contributed by atoms with Crippen LogP contribution >= 0.6 is 0 Å². The van der Waals surface area contributed by atoms with Crippen LogP contribution in [0.2, 0.25) is 0 Å². The van der Waals surface area contributed by atoms with Crippen LogP contribution < -0.4 is 0 Å². The van der Waals surface area contributed by atoms with Crippen LogP contribution in [0, 0.1) is 0 Å². The molecule has 0 bridgehead atoms. The van der Waals surface area contributed by atoms with Gasteiger partial charge in [0.2, 0.25) is 0 Å². The molecule has 526 valence electrons. The summed E-state index contributed by atoms with van der Waals surface area (Å²) in [5.74, 6) is 0. The fourth-order valence-electron chi connectivity index (χ4n) is 14.8. The van der Waals surface area contributed by atoms with Gasteiger partial charge >= 0.3 is 0 Å². The highest BCUT2D eigenvalue weighted by Gasteiger charge is 2.23. The van der Waals surface area contributed by atoms with E-state index in [1.54, 1.807) is 42.5 Å². The van der Waals surface area contributed by atoms with Crippen molar-refractivity contribution in [1.29, 1.82) is 0 Å². The van der Waals surface area contributed by atoms with Crippen LogP contribution in [0.1, 0.15) is 78.4 Å². The lowest BCUT2D eigenvalue weighted by atomic mass is 9.86. The fourth-order valence-corrected chi connectivity index (χ4v) is 14.8. The SMILES string of the molecule is [2H]C.[2H]C.[2H]C.[2H][2H].[2H][2H].[2H][2H].[2H][2H].[2H][2H].[2H][2H].[2H]c1c(-c2c3ccccc3c(-c3ccccc3)c3c([2H])c([2H])c([2H])c([2H])c23)c([2H])c2c(oc3ccccc32)c1[2H].[2H]c1c([2H])c([2H])c2c(oc3c([2H])c([2H])c(-c4c5ccccc5c(-c5ccccc5)c5c([2H])c([2H])c([2H])c([2H])c45)c([2H])c32)c1[2H].[2H]c1c([2H])c([2H])c2c(oc3ccc(-c4c5ccccc5c(-c5ccccc5)c5c([2H])c([2H])c([2H])c([2H])c45)cc32)c1-c1ccccc1. The molecule has 0 atom stereocenters. The molecular formula is C105H88O3. The average Bonchev–Trinajstić information content (AvgIpc) is 1.05. The molecule has 0 radical (unpaired) electrons. The summed E-state index contributed by atoms with van der Waals surface area (Å²) in [6.45, 7) is 0. The molecule has 0 N–H and O–H groups in total. The van der Waals surface area contributed by atoms with Crippen molar-refractivity contribution in [3.63, 3.8) is 0 Å². The molecule has 0 aliphatic rings. The molecule has 3 aromatic heterocycles. The third-order valence-electron chi connectivity index (χ3n) is 19.3. The van der Waals surface area contributed by atoms with Crippen molar-refractivity contribution in [2.75, 3.05) is 0 Å². The third kappa shape index (κ3) is 11.4. The fraction of sp³-hybridized carbons (Fsp3) is 0.0286. The van der Waals surface area contributed by atoms with Crippen molar-refractivity contribution < 1.29 is 69.5 Å². The van der Waals surface area contributed by atoms with E-state index in [1.165, 1.54) is 22.2 Å². The number of hydrogen-bond acceptors (Lipinski definition) is 3. The summed E-state index contributed by atoms with van der Waals surface area (Å²) in [7, 11) is 3.75. The van der Waals surface area contributed by atoms with Crippen LogP contribution in [-0.4, -0.2) is 0 Å². The van der Waals surface area contributed by atoms with Gasteiger partial charge in [0.1, 0.15) is 33.5 Å². The number of rotatable bonds is 7. The van der Waals surface area contributed by atoms with Crippen LogP contribution in [0.4, 0.5) is 0 Å². The molecule has 19 aromatic carbocycles. The maximum atomic E-state index is 9.38. The molecule has 0 saturated heterocycles. The van der Waals surface area contributed by atoms with Gasteiger partial charge in [0.15, 0.2) is 0 Å². The molecule has 3 heteroatoms. The van der Waals surface area contributed by atoms with Crippen molar-refractivity contribution in [2.24, 2.45) is 0 Å². The second-order valence-corrected chi connectivity index (χ2v) is 25.2. The Balaban J connectivity index is 0.000000196. The second-order valence-electron chi connectivity index (χ2n) is 25.2. The standard InChI is InChI=1S/C38H24O.2C32H20O.3CH4.6H2/c1-3-12-25(13-4-1)28-20-11-21-33-34-24-27(22-23-35(34)39-38(28)33)37-31-18-9-7-16-29(31)36(26-14-5-2-6-15-26)30-17-8-10-19-32(30)37;2*1-2-10-21(11-3-1)31-24-13-4-6-15-26(24)32(27-16-7-5-14-25(27)31)22-18-19-30-28(20-22)23-12-8-9-17-29(23)33-30;;;;;;;;;/h1-24H;2*1-20H;3*1H4;6*1H/i7D,9D,11D,16D,18D,20D,21D;4D,6D,8D,9D,12D,13D,15D,17D,18D,19D,20D;4D,6D,13D,15D,18D,19D,20D;3*1D;6*1+1D. The van der Waals surface area contributed by atoms with Gasteiger partial charge in [-0.1, -0.05) is 361 Å². The van der Waals surface area contributed by atoms with Gasteiger partial charge in [-0.3, -0.25) is 0 Å². The first-order valence-corrected chi connectivity index (χ1v) is 33.9. The van der Waals surface area contributed by atoms with Crippen LogP contribution in [0.25, 0.3) is 208 Å². The van der Waals surface area contributed by atoms with Crippen LogP contribution in [0.3, 0.4) is 0 Å². The zero-order valence-corrected chi connectivity index (χ0v) is 58.2. The van der Waals surface area contributed by atoms with E-state index in [0.717, 1.165) is 38.4 Å². The molecule has 3 nitrogen and oxygen atoms in total. The molecule has 3 heterocycles. The third-order valence-corrected chi connectivity index (χ3v) is 19.3. The molecule has 22 rings (SSSR count). The first kappa shape index (κ1) is 39.3. The number of para-hydroxylation sites is 3. The minimum absolute atomic E-state index is 0.0210. The van der Waals surface area contributed by atoms with Gasteiger partial charge < -0.3 is 13.3 Å². The predicted molar refractivity (Wildman–Crippen MR) is 477 cm³/mol. The molecule has 0 fully saturated rings. The minimum Gasteiger partial charge on any atom is -0.456 e. The Morgan fingerprint density at radius 1 is 0.204 bits per heavy atom. The summed E-state index contributed by atoms with van der Waals surface area (Å²) >= 11 is 0. The monoisotopic (exact) mass is 1440 g/mol. The number of fused-ring (bicyclic) bond motifs is 15. The summed E-state index contributed by atoms with van der Waals surface area (Å²) in [5.41, 5.74) is 8.34. The van der Waals surface area contributed by atoms with Gasteiger partial charge in [0.05, 0.1) is 34.3 Å². The summed E-state index contributed by atoms with van der Waals surface area (Å²) in [5, 5.41) is 7.64. The van der Waals surface area contributed by atoms with Crippen molar-refractivity contribution in [2.45, 2.75) is 22.2 Å². The summed E-state index contributed by atoms with van der Waals surface area (Å²) in [4.78, 5) is 0. The van der Waals surface area contributed by atoms with E-state index >= 15 is 0 Å². The van der Waals surface area contributed by atoms with Crippen LogP contribution in [0.5, 0.6) is 0 Å². The Bertz CT molecular complexity index is 8750. The Labute approximate surface area is 685 Å². The van der Waals surface area contributed by atoms with Crippen molar-refractivity contribution in [3.05, 3.63) is 388 Å². The van der Waals surface area contributed by atoms with Crippen molar-refractivity contribution in [1.82, 2.24) is 0 Å². The van der Waals surface area contributed by atoms with Crippen molar-refractivity contribution >= 4 is 130 Å². The van der Waals surface area contributed by atoms with Gasteiger partial charge in [0, 0.05) is 59.8 Å². The first-order chi connectivity index (χ1) is 71.5. The highest BCUT2D eigenvalue weighted by molar-refractivity contribution is 6.26. The Hall–Kier alpha value is -13.9. The number of benzene rings is 19. The lowest BCUT2D eigenvalue weighted by Gasteiger charge is -2.17. The van der Waals surface area contributed by atoms with Gasteiger partial charge in [-0.15, -0.1) is 0 Å². The average molecular weight is 1440 g/mol. The Kier molecular flexibility index (Phi) is 10.3. The van der Waals surface area contributed by atoms with E-state index < -0.39 is 54.4 Å². The maximum absolute atomic E-state index is 9.38. The van der Waals surface area contributed by atoms with Gasteiger partial charge in [-0.05, 0) is 185 Å². The quantitative estimate of drug-likeness (QED) is 0.149. The zero-order chi connectivity index (χ0) is 109. The highest BCUT2D eigenvalue weighted by Crippen LogP contribution is 2.49. The molecule has 0 unspecified atom stereocenters. The first-order valence-electron chi connectivity index (χ1n) is 55.4.